The number of nitrogens with zero attached hydrogens (tertiary/aromatic N) is 3. The molecule has 0 aliphatic carbocycles. The maximum absolute atomic E-state index is 12.7. The van der Waals surface area contributed by atoms with E-state index in [4.69, 9.17) is 0 Å². The van der Waals surface area contributed by atoms with Crippen molar-refractivity contribution in [3.05, 3.63) is 66.6 Å². The number of halogens is 3. The molecule has 0 bridgehead atoms. The lowest BCUT2D eigenvalue weighted by molar-refractivity contribution is -0.141. The molecule has 0 saturated heterocycles. The van der Waals surface area contributed by atoms with Gasteiger partial charge in [-0.25, -0.2) is 9.67 Å². The third-order valence-corrected chi connectivity index (χ3v) is 2.93. The fraction of sp³-hybridized carbons (Fsp3) is 0.0667. The minimum atomic E-state index is -4.46. The number of hydrogen-bond acceptors (Lipinski definition) is 3. The average Bonchev–Trinajstić information content (AvgIpc) is 3.01. The van der Waals surface area contributed by atoms with Crippen molar-refractivity contribution in [2.24, 2.45) is 0 Å². The first-order valence-electron chi connectivity index (χ1n) is 6.44. The molecule has 4 nitrogen and oxygen atoms in total. The number of pyridine rings is 1. The molecule has 7 heteroatoms. The van der Waals surface area contributed by atoms with Crippen molar-refractivity contribution < 1.29 is 13.2 Å². The van der Waals surface area contributed by atoms with E-state index >= 15 is 0 Å². The summed E-state index contributed by atoms with van der Waals surface area (Å²) in [6, 6.07) is 12.7. The van der Waals surface area contributed by atoms with Gasteiger partial charge in [0.25, 0.3) is 0 Å². The summed E-state index contributed by atoms with van der Waals surface area (Å²) >= 11 is 0. The Bertz CT molecular complexity index is 766. The van der Waals surface area contributed by atoms with Crippen molar-refractivity contribution in [2.45, 2.75) is 6.18 Å². The third-order valence-electron chi connectivity index (χ3n) is 2.93. The van der Waals surface area contributed by atoms with E-state index < -0.39 is 11.9 Å². The van der Waals surface area contributed by atoms with Gasteiger partial charge in [-0.05, 0) is 36.4 Å². The van der Waals surface area contributed by atoms with Crippen LogP contribution in [0.5, 0.6) is 0 Å². The van der Waals surface area contributed by atoms with Crippen molar-refractivity contribution in [1.82, 2.24) is 14.8 Å². The fourth-order valence-electron chi connectivity index (χ4n) is 1.96. The Hall–Kier alpha value is -2.83. The number of aromatic nitrogens is 3. The lowest BCUT2D eigenvalue weighted by Gasteiger charge is -2.10. The van der Waals surface area contributed by atoms with Crippen LogP contribution in [0.15, 0.2) is 60.9 Å². The topological polar surface area (TPSA) is 42.7 Å². The zero-order chi connectivity index (χ0) is 15.6. The molecular weight excluding hydrogens is 293 g/mol. The molecule has 0 aliphatic heterocycles. The summed E-state index contributed by atoms with van der Waals surface area (Å²) in [5.41, 5.74) is 0.488. The molecule has 0 atom stereocenters. The Labute approximate surface area is 124 Å². The summed E-state index contributed by atoms with van der Waals surface area (Å²) < 4.78 is 39.6. The van der Waals surface area contributed by atoms with Gasteiger partial charge in [-0.3, -0.25) is 0 Å². The second-order valence-corrected chi connectivity index (χ2v) is 4.53. The highest BCUT2D eigenvalue weighted by molar-refractivity contribution is 5.59. The molecule has 0 unspecified atom stereocenters. The normalized spacial score (nSPS) is 11.4. The van der Waals surface area contributed by atoms with Gasteiger partial charge >= 0.3 is 6.18 Å². The zero-order valence-electron chi connectivity index (χ0n) is 11.2. The Morgan fingerprint density at radius 1 is 1.00 bits per heavy atom. The average molecular weight is 304 g/mol. The van der Waals surface area contributed by atoms with Crippen LogP contribution < -0.4 is 5.32 Å². The van der Waals surface area contributed by atoms with Gasteiger partial charge in [-0.2, -0.15) is 18.3 Å². The molecule has 2 heterocycles. The number of nitrogens with one attached hydrogen (secondary N) is 1. The van der Waals surface area contributed by atoms with E-state index in [2.05, 4.69) is 15.4 Å². The Balaban J connectivity index is 1.86. The first-order chi connectivity index (χ1) is 10.5. The largest absolute Gasteiger partial charge is 0.433 e. The van der Waals surface area contributed by atoms with Crippen LogP contribution in [0.3, 0.4) is 0 Å². The van der Waals surface area contributed by atoms with Gasteiger partial charge in [-0.15, -0.1) is 0 Å². The lowest BCUT2D eigenvalue weighted by atomic mass is 10.2. The van der Waals surface area contributed by atoms with Crippen molar-refractivity contribution in [2.75, 3.05) is 5.32 Å². The molecule has 22 heavy (non-hydrogen) atoms. The van der Waals surface area contributed by atoms with Gasteiger partial charge in [0.15, 0.2) is 0 Å². The maximum Gasteiger partial charge on any atom is 0.433 e. The highest BCUT2D eigenvalue weighted by atomic mass is 19.4. The standard InChI is InChI=1S/C15H11F3N4/c16-15(17,18)13-6-2-7-14(21-13)20-11-4-1-5-12(10-11)22-9-3-8-19-22/h1-10H,(H,20,21). The minimum Gasteiger partial charge on any atom is -0.340 e. The van der Waals surface area contributed by atoms with Crippen molar-refractivity contribution in [1.29, 1.82) is 0 Å². The predicted molar refractivity (Wildman–Crippen MR) is 76.1 cm³/mol. The maximum atomic E-state index is 12.7. The summed E-state index contributed by atoms with van der Waals surface area (Å²) in [7, 11) is 0. The van der Waals surface area contributed by atoms with Crippen LogP contribution in [0, 0.1) is 0 Å². The predicted octanol–water partition coefficient (Wildman–Crippen LogP) is 4.03. The van der Waals surface area contributed by atoms with Crippen molar-refractivity contribution in [3.8, 4) is 5.69 Å². The van der Waals surface area contributed by atoms with Gasteiger partial charge < -0.3 is 5.32 Å². The molecular formula is C15H11F3N4. The van der Waals surface area contributed by atoms with Gasteiger partial charge in [-0.1, -0.05) is 12.1 Å². The highest BCUT2D eigenvalue weighted by Gasteiger charge is 2.32. The molecule has 2 aromatic heterocycles. The van der Waals surface area contributed by atoms with Crippen LogP contribution in [-0.4, -0.2) is 14.8 Å². The summed E-state index contributed by atoms with van der Waals surface area (Å²) in [6.45, 7) is 0. The molecule has 0 aliphatic rings. The van der Waals surface area contributed by atoms with Gasteiger partial charge in [0.05, 0.1) is 5.69 Å². The molecule has 3 rings (SSSR count). The molecule has 1 N–H and O–H groups in total. The van der Waals surface area contributed by atoms with Gasteiger partial charge in [0, 0.05) is 18.1 Å². The van der Waals surface area contributed by atoms with Crippen LogP contribution in [0.4, 0.5) is 24.7 Å². The van der Waals surface area contributed by atoms with Crippen LogP contribution in [0.25, 0.3) is 5.69 Å². The SMILES string of the molecule is FC(F)(F)c1cccc(Nc2cccc(-n3cccn3)c2)n1. The second-order valence-electron chi connectivity index (χ2n) is 4.53. The number of rotatable bonds is 3. The Morgan fingerprint density at radius 3 is 2.55 bits per heavy atom. The number of hydrogen-bond donors (Lipinski definition) is 1. The minimum absolute atomic E-state index is 0.132. The molecule has 3 aromatic rings. The molecule has 0 radical (unpaired) electrons. The Kier molecular flexibility index (Phi) is 3.54. The van der Waals surface area contributed by atoms with E-state index in [-0.39, 0.29) is 5.82 Å². The molecule has 0 amide bonds. The number of alkyl halides is 3. The third kappa shape index (κ3) is 3.08. The highest BCUT2D eigenvalue weighted by Crippen LogP contribution is 2.28. The molecule has 0 spiro atoms. The quantitative estimate of drug-likeness (QED) is 0.794. The first-order valence-corrected chi connectivity index (χ1v) is 6.44. The van der Waals surface area contributed by atoms with E-state index in [0.29, 0.717) is 5.69 Å². The van der Waals surface area contributed by atoms with E-state index in [0.717, 1.165) is 11.8 Å². The Morgan fingerprint density at radius 2 is 1.82 bits per heavy atom. The van der Waals surface area contributed by atoms with E-state index in [9.17, 15) is 13.2 Å². The summed E-state index contributed by atoms with van der Waals surface area (Å²) in [5, 5.41) is 6.97. The summed E-state index contributed by atoms with van der Waals surface area (Å²) in [5.74, 6) is 0.132. The van der Waals surface area contributed by atoms with Crippen LogP contribution in [0.1, 0.15) is 5.69 Å². The van der Waals surface area contributed by atoms with E-state index in [1.807, 2.05) is 6.07 Å². The van der Waals surface area contributed by atoms with Crippen LogP contribution in [-0.2, 0) is 6.18 Å². The van der Waals surface area contributed by atoms with Crippen molar-refractivity contribution >= 4 is 11.5 Å². The molecule has 112 valence electrons. The molecule has 0 saturated carbocycles. The second kappa shape index (κ2) is 5.51. The molecule has 1 aromatic carbocycles. The number of benzene rings is 1. The number of anilines is 2. The van der Waals surface area contributed by atoms with Gasteiger partial charge in [0.1, 0.15) is 11.5 Å². The molecule has 0 fully saturated rings. The monoisotopic (exact) mass is 304 g/mol. The zero-order valence-corrected chi connectivity index (χ0v) is 11.2. The fourth-order valence-corrected chi connectivity index (χ4v) is 1.96. The smallest absolute Gasteiger partial charge is 0.340 e. The van der Waals surface area contributed by atoms with Gasteiger partial charge in [0.2, 0.25) is 0 Å². The van der Waals surface area contributed by atoms with Crippen LogP contribution >= 0.6 is 0 Å². The summed E-state index contributed by atoms with van der Waals surface area (Å²) in [4.78, 5) is 3.57. The van der Waals surface area contributed by atoms with Crippen molar-refractivity contribution in [3.63, 3.8) is 0 Å². The summed E-state index contributed by atoms with van der Waals surface area (Å²) in [6.07, 6.45) is -1.04. The van der Waals surface area contributed by atoms with E-state index in [1.165, 1.54) is 12.1 Å². The lowest BCUT2D eigenvalue weighted by Crippen LogP contribution is -2.08. The van der Waals surface area contributed by atoms with E-state index in [1.54, 1.807) is 41.3 Å². The van der Waals surface area contributed by atoms with Crippen LogP contribution in [0.2, 0.25) is 0 Å². The first kappa shape index (κ1) is 14.1.